The van der Waals surface area contributed by atoms with Crippen molar-refractivity contribution < 1.29 is 9.47 Å². The third-order valence-electron chi connectivity index (χ3n) is 2.66. The zero-order valence-electron chi connectivity index (χ0n) is 11.6. The summed E-state index contributed by atoms with van der Waals surface area (Å²) in [4.78, 5) is 0. The first-order valence-corrected chi connectivity index (χ1v) is 6.49. The Morgan fingerprint density at radius 1 is 1.40 bits per heavy atom. The van der Waals surface area contributed by atoms with Gasteiger partial charge in [-0.3, -0.25) is 0 Å². The van der Waals surface area contributed by atoms with Gasteiger partial charge in [-0.25, -0.2) is 4.68 Å². The van der Waals surface area contributed by atoms with Gasteiger partial charge >= 0.3 is 0 Å². The van der Waals surface area contributed by atoms with Crippen molar-refractivity contribution in [2.24, 2.45) is 7.05 Å². The number of tetrazole rings is 1. The molecule has 0 amide bonds. The molecule has 0 aliphatic rings. The van der Waals surface area contributed by atoms with Gasteiger partial charge < -0.3 is 14.8 Å². The fourth-order valence-corrected chi connectivity index (χ4v) is 2.00. The zero-order chi connectivity index (χ0) is 14.5. The van der Waals surface area contributed by atoms with Crippen LogP contribution < -0.4 is 14.8 Å². The van der Waals surface area contributed by atoms with Crippen molar-refractivity contribution >= 4 is 17.5 Å². The quantitative estimate of drug-likeness (QED) is 0.877. The van der Waals surface area contributed by atoms with Crippen molar-refractivity contribution in [3.05, 3.63) is 22.7 Å². The Kier molecular flexibility index (Phi) is 4.62. The van der Waals surface area contributed by atoms with E-state index in [0.717, 1.165) is 5.56 Å². The van der Waals surface area contributed by atoms with E-state index in [2.05, 4.69) is 20.8 Å². The molecule has 8 heteroatoms. The van der Waals surface area contributed by atoms with Gasteiger partial charge in [-0.05, 0) is 23.4 Å². The number of halogens is 1. The molecule has 1 heterocycles. The highest BCUT2D eigenvalue weighted by molar-refractivity contribution is 6.30. The van der Waals surface area contributed by atoms with Gasteiger partial charge in [0.15, 0.2) is 11.5 Å². The number of hydrogen-bond acceptors (Lipinski definition) is 6. The largest absolute Gasteiger partial charge is 0.493 e. The van der Waals surface area contributed by atoms with Crippen LogP contribution in [0.4, 0.5) is 5.95 Å². The Morgan fingerprint density at radius 2 is 2.20 bits per heavy atom. The zero-order valence-corrected chi connectivity index (χ0v) is 12.3. The number of nitrogens with one attached hydrogen (secondary N) is 1. The Bertz CT molecular complexity index is 587. The van der Waals surface area contributed by atoms with Gasteiger partial charge in [0.1, 0.15) is 0 Å². The minimum absolute atomic E-state index is 0.473. The molecular weight excluding hydrogens is 282 g/mol. The Labute approximate surface area is 121 Å². The van der Waals surface area contributed by atoms with Gasteiger partial charge in [0.25, 0.3) is 0 Å². The molecule has 2 aromatic rings. The van der Waals surface area contributed by atoms with Crippen molar-refractivity contribution in [3.63, 3.8) is 0 Å². The van der Waals surface area contributed by atoms with Crippen LogP contribution in [0, 0.1) is 0 Å². The molecule has 0 aliphatic heterocycles. The molecule has 20 heavy (non-hydrogen) atoms. The Morgan fingerprint density at radius 3 is 2.80 bits per heavy atom. The summed E-state index contributed by atoms with van der Waals surface area (Å²) >= 11 is 6.08. The van der Waals surface area contributed by atoms with Gasteiger partial charge in [0.2, 0.25) is 5.95 Å². The molecule has 0 atom stereocenters. The maximum absolute atomic E-state index is 6.08. The molecule has 1 aromatic heterocycles. The fraction of sp³-hybridized carbons (Fsp3) is 0.417. The van der Waals surface area contributed by atoms with Crippen molar-refractivity contribution in [3.8, 4) is 11.5 Å². The van der Waals surface area contributed by atoms with E-state index < -0.39 is 0 Å². The van der Waals surface area contributed by atoms with E-state index in [9.17, 15) is 0 Å². The lowest BCUT2D eigenvalue weighted by Gasteiger charge is -2.15. The summed E-state index contributed by atoms with van der Waals surface area (Å²) in [6.07, 6.45) is 0. The van der Waals surface area contributed by atoms with Crippen molar-refractivity contribution in [2.45, 2.75) is 13.5 Å². The number of methoxy groups -OCH3 is 1. The smallest absolute Gasteiger partial charge is 0.242 e. The summed E-state index contributed by atoms with van der Waals surface area (Å²) in [7, 11) is 3.34. The van der Waals surface area contributed by atoms with E-state index in [1.165, 1.54) is 0 Å². The summed E-state index contributed by atoms with van der Waals surface area (Å²) < 4.78 is 12.5. The maximum Gasteiger partial charge on any atom is 0.242 e. The predicted octanol–water partition coefficient (Wildman–Crippen LogP) is 1.88. The molecule has 0 saturated heterocycles. The highest BCUT2D eigenvalue weighted by Crippen LogP contribution is 2.35. The molecule has 0 aliphatic carbocycles. The predicted molar refractivity (Wildman–Crippen MR) is 75.3 cm³/mol. The van der Waals surface area contributed by atoms with E-state index >= 15 is 0 Å². The molecule has 0 radical (unpaired) electrons. The second kappa shape index (κ2) is 6.42. The van der Waals surface area contributed by atoms with Gasteiger partial charge in [-0.2, -0.15) is 0 Å². The molecule has 0 fully saturated rings. The SMILES string of the molecule is CCOc1c(CNc2nnnn2C)cc(Cl)cc1OC. The Balaban J connectivity index is 2.25. The average Bonchev–Trinajstić information content (AvgIpc) is 2.84. The lowest BCUT2D eigenvalue weighted by molar-refractivity contribution is 0.308. The number of aryl methyl sites for hydroxylation is 1. The minimum atomic E-state index is 0.473. The van der Waals surface area contributed by atoms with Crippen LogP contribution in [0.25, 0.3) is 0 Å². The molecule has 0 spiro atoms. The molecule has 0 bridgehead atoms. The van der Waals surface area contributed by atoms with Crippen LogP contribution in [0.15, 0.2) is 12.1 Å². The highest BCUT2D eigenvalue weighted by atomic mass is 35.5. The molecule has 7 nitrogen and oxygen atoms in total. The average molecular weight is 298 g/mol. The second-order valence-electron chi connectivity index (χ2n) is 4.01. The van der Waals surface area contributed by atoms with Gasteiger partial charge in [-0.1, -0.05) is 16.7 Å². The van der Waals surface area contributed by atoms with E-state index in [1.807, 2.05) is 13.0 Å². The minimum Gasteiger partial charge on any atom is -0.493 e. The van der Waals surface area contributed by atoms with Gasteiger partial charge in [-0.15, -0.1) is 0 Å². The summed E-state index contributed by atoms with van der Waals surface area (Å²) in [5.74, 6) is 1.83. The van der Waals surface area contributed by atoms with E-state index in [0.29, 0.717) is 35.6 Å². The fourth-order valence-electron chi connectivity index (χ4n) is 1.77. The third kappa shape index (κ3) is 3.11. The van der Waals surface area contributed by atoms with Crippen LogP contribution in [0.3, 0.4) is 0 Å². The molecule has 1 aromatic carbocycles. The first kappa shape index (κ1) is 14.4. The first-order valence-electron chi connectivity index (χ1n) is 6.11. The second-order valence-corrected chi connectivity index (χ2v) is 4.45. The number of rotatable bonds is 6. The van der Waals surface area contributed by atoms with Gasteiger partial charge in [0.05, 0.1) is 13.7 Å². The van der Waals surface area contributed by atoms with Crippen LogP contribution in [0.1, 0.15) is 12.5 Å². The number of nitrogens with zero attached hydrogens (tertiary/aromatic N) is 4. The molecule has 0 unspecified atom stereocenters. The molecule has 108 valence electrons. The molecule has 1 N–H and O–H groups in total. The summed E-state index contributed by atoms with van der Waals surface area (Å²) in [5.41, 5.74) is 0.874. The molecule has 2 rings (SSSR count). The first-order chi connectivity index (χ1) is 9.65. The summed E-state index contributed by atoms with van der Waals surface area (Å²) in [5, 5.41) is 14.9. The lowest BCUT2D eigenvalue weighted by atomic mass is 10.2. The van der Waals surface area contributed by atoms with Crippen LogP contribution in [0.5, 0.6) is 11.5 Å². The number of hydrogen-bond donors (Lipinski definition) is 1. The highest BCUT2D eigenvalue weighted by Gasteiger charge is 2.13. The number of aromatic nitrogens is 4. The lowest BCUT2D eigenvalue weighted by Crippen LogP contribution is -2.08. The monoisotopic (exact) mass is 297 g/mol. The van der Waals surface area contributed by atoms with Crippen molar-refractivity contribution in [1.29, 1.82) is 0 Å². The van der Waals surface area contributed by atoms with Crippen LogP contribution in [0.2, 0.25) is 5.02 Å². The molecular formula is C12H16ClN5O2. The number of anilines is 1. The Hall–Kier alpha value is -2.02. The number of benzene rings is 1. The summed E-state index contributed by atoms with van der Waals surface area (Å²) in [6.45, 7) is 2.93. The number of ether oxygens (including phenoxy) is 2. The van der Waals surface area contributed by atoms with E-state index in [-0.39, 0.29) is 0 Å². The van der Waals surface area contributed by atoms with Crippen molar-refractivity contribution in [2.75, 3.05) is 19.0 Å². The van der Waals surface area contributed by atoms with E-state index in [1.54, 1.807) is 24.9 Å². The topological polar surface area (TPSA) is 74.1 Å². The van der Waals surface area contributed by atoms with E-state index in [4.69, 9.17) is 21.1 Å². The third-order valence-corrected chi connectivity index (χ3v) is 2.88. The molecule has 0 saturated carbocycles. The van der Waals surface area contributed by atoms with Crippen LogP contribution >= 0.6 is 11.6 Å². The summed E-state index contributed by atoms with van der Waals surface area (Å²) in [6, 6.07) is 3.55. The normalized spacial score (nSPS) is 10.4. The van der Waals surface area contributed by atoms with Crippen LogP contribution in [-0.4, -0.2) is 33.9 Å². The standard InChI is InChI=1S/C12H16ClN5O2/c1-4-20-11-8(5-9(13)6-10(11)19-3)7-14-12-15-16-17-18(12)2/h5-6H,4,7H2,1-3H3,(H,14,15,17). The van der Waals surface area contributed by atoms with Crippen molar-refractivity contribution in [1.82, 2.24) is 20.2 Å². The van der Waals surface area contributed by atoms with Gasteiger partial charge in [0, 0.05) is 30.2 Å². The maximum atomic E-state index is 6.08. The van der Waals surface area contributed by atoms with Crippen LogP contribution in [-0.2, 0) is 13.6 Å².